The van der Waals surface area contributed by atoms with E-state index in [-0.39, 0.29) is 29.7 Å². The van der Waals surface area contributed by atoms with E-state index >= 15 is 0 Å². The molecule has 1 amide bonds. The fourth-order valence-electron chi connectivity index (χ4n) is 4.72. The smallest absolute Gasteiger partial charge is 0.339 e. The molecular formula is C32H35NO4. The Morgan fingerprint density at radius 2 is 1.51 bits per heavy atom. The highest BCUT2D eigenvalue weighted by molar-refractivity contribution is 6.02. The number of cyclic esters (lactones) is 1. The molecule has 192 valence electrons. The predicted molar refractivity (Wildman–Crippen MR) is 145 cm³/mol. The molecule has 37 heavy (non-hydrogen) atoms. The highest BCUT2D eigenvalue weighted by Crippen LogP contribution is 2.41. The molecule has 0 saturated carbocycles. The number of ether oxygens (including phenoxy) is 1. The average molecular weight is 498 g/mol. The van der Waals surface area contributed by atoms with E-state index in [0.717, 1.165) is 16.7 Å². The number of rotatable bonds is 8. The number of nitrogens with one attached hydrogen (secondary N) is 1. The number of aliphatic hydroxyl groups excluding tert-OH is 1. The van der Waals surface area contributed by atoms with Gasteiger partial charge < -0.3 is 15.2 Å². The van der Waals surface area contributed by atoms with Gasteiger partial charge in [0.05, 0.1) is 5.57 Å². The molecule has 1 heterocycles. The van der Waals surface area contributed by atoms with Crippen LogP contribution in [0.5, 0.6) is 0 Å². The number of aryl methyl sites for hydroxylation is 1. The lowest BCUT2D eigenvalue weighted by Crippen LogP contribution is -2.49. The molecule has 0 aliphatic carbocycles. The first-order chi connectivity index (χ1) is 17.6. The Morgan fingerprint density at radius 3 is 2.11 bits per heavy atom. The van der Waals surface area contributed by atoms with Crippen molar-refractivity contribution < 1.29 is 19.4 Å². The third kappa shape index (κ3) is 5.61. The molecule has 0 saturated heterocycles. The van der Waals surface area contributed by atoms with Gasteiger partial charge in [-0.1, -0.05) is 113 Å². The van der Waals surface area contributed by atoms with Crippen LogP contribution in [0.25, 0.3) is 0 Å². The van der Waals surface area contributed by atoms with Crippen molar-refractivity contribution in [2.75, 3.05) is 0 Å². The summed E-state index contributed by atoms with van der Waals surface area (Å²) < 4.78 is 5.78. The van der Waals surface area contributed by atoms with Crippen molar-refractivity contribution in [1.82, 2.24) is 5.32 Å². The van der Waals surface area contributed by atoms with Crippen molar-refractivity contribution in [2.24, 2.45) is 0 Å². The Kier molecular flexibility index (Phi) is 7.53. The summed E-state index contributed by atoms with van der Waals surface area (Å²) in [5, 5.41) is 14.4. The van der Waals surface area contributed by atoms with E-state index < -0.39 is 23.4 Å². The predicted octanol–water partition coefficient (Wildman–Crippen LogP) is 6.14. The quantitative estimate of drug-likeness (QED) is 0.366. The Balaban J connectivity index is 1.62. The van der Waals surface area contributed by atoms with Crippen molar-refractivity contribution in [2.45, 2.75) is 64.0 Å². The van der Waals surface area contributed by atoms with E-state index in [1.807, 2.05) is 79.7 Å². The summed E-state index contributed by atoms with van der Waals surface area (Å²) in [5.74, 6) is -1.91. The van der Waals surface area contributed by atoms with Crippen LogP contribution in [0.4, 0.5) is 0 Å². The van der Waals surface area contributed by atoms with Gasteiger partial charge in [0, 0.05) is 18.9 Å². The SMILES string of the molecule is CC(C1=C(O)C(CCc2ccccc2)(C(=O)NCc2ccc(C(C)(C)C)cc2)OC1=O)c1ccccc1. The second-order valence-electron chi connectivity index (χ2n) is 10.7. The van der Waals surface area contributed by atoms with Gasteiger partial charge in [0.2, 0.25) is 5.60 Å². The van der Waals surface area contributed by atoms with E-state index in [0.29, 0.717) is 6.42 Å². The van der Waals surface area contributed by atoms with Crippen LogP contribution in [0, 0.1) is 0 Å². The molecule has 5 heteroatoms. The van der Waals surface area contributed by atoms with E-state index in [9.17, 15) is 14.7 Å². The Hall–Kier alpha value is -3.86. The summed E-state index contributed by atoms with van der Waals surface area (Å²) in [7, 11) is 0. The Morgan fingerprint density at radius 1 is 0.919 bits per heavy atom. The van der Waals surface area contributed by atoms with Crippen LogP contribution in [-0.2, 0) is 32.7 Å². The third-order valence-electron chi connectivity index (χ3n) is 7.11. The summed E-state index contributed by atoms with van der Waals surface area (Å²) >= 11 is 0. The molecule has 2 unspecified atom stereocenters. The van der Waals surface area contributed by atoms with Gasteiger partial charge in [-0.3, -0.25) is 4.79 Å². The van der Waals surface area contributed by atoms with Crippen LogP contribution >= 0.6 is 0 Å². The van der Waals surface area contributed by atoms with Crippen LogP contribution in [0.2, 0.25) is 0 Å². The maximum absolute atomic E-state index is 13.7. The average Bonchev–Trinajstić information content (AvgIpc) is 3.16. The van der Waals surface area contributed by atoms with Crippen LogP contribution < -0.4 is 5.32 Å². The van der Waals surface area contributed by atoms with Crippen LogP contribution in [0.3, 0.4) is 0 Å². The van der Waals surface area contributed by atoms with Crippen LogP contribution in [-0.4, -0.2) is 22.6 Å². The number of amides is 1. The van der Waals surface area contributed by atoms with Crippen LogP contribution in [0.15, 0.2) is 96.3 Å². The largest absolute Gasteiger partial charge is 0.507 e. The first-order valence-electron chi connectivity index (χ1n) is 12.8. The van der Waals surface area contributed by atoms with E-state index in [2.05, 4.69) is 38.2 Å². The molecule has 4 rings (SSSR count). The zero-order valence-electron chi connectivity index (χ0n) is 22.0. The minimum Gasteiger partial charge on any atom is -0.507 e. The van der Waals surface area contributed by atoms with Crippen molar-refractivity contribution in [1.29, 1.82) is 0 Å². The second kappa shape index (κ2) is 10.6. The van der Waals surface area contributed by atoms with Gasteiger partial charge in [0.25, 0.3) is 5.91 Å². The van der Waals surface area contributed by atoms with E-state index in [1.54, 1.807) is 0 Å². The Labute approximate surface area is 219 Å². The fourth-order valence-corrected chi connectivity index (χ4v) is 4.72. The summed E-state index contributed by atoms with van der Waals surface area (Å²) in [6.45, 7) is 8.54. The molecule has 2 atom stereocenters. The first-order valence-corrected chi connectivity index (χ1v) is 12.8. The lowest BCUT2D eigenvalue weighted by atomic mass is 9.86. The molecule has 0 radical (unpaired) electrons. The van der Waals surface area contributed by atoms with Gasteiger partial charge in [-0.05, 0) is 34.1 Å². The van der Waals surface area contributed by atoms with Gasteiger partial charge in [0.15, 0.2) is 5.76 Å². The highest BCUT2D eigenvalue weighted by atomic mass is 16.6. The minimum atomic E-state index is -1.78. The first kappa shape index (κ1) is 26.2. The minimum absolute atomic E-state index is 0.0315. The zero-order valence-corrected chi connectivity index (χ0v) is 22.0. The van der Waals surface area contributed by atoms with Crippen molar-refractivity contribution in [3.63, 3.8) is 0 Å². The van der Waals surface area contributed by atoms with Gasteiger partial charge in [-0.15, -0.1) is 0 Å². The van der Waals surface area contributed by atoms with Crippen LogP contribution in [0.1, 0.15) is 62.3 Å². The van der Waals surface area contributed by atoms with Crippen molar-refractivity contribution in [3.05, 3.63) is 119 Å². The zero-order chi connectivity index (χ0) is 26.6. The highest BCUT2D eigenvalue weighted by Gasteiger charge is 2.54. The molecule has 3 aromatic carbocycles. The molecule has 5 nitrogen and oxygen atoms in total. The van der Waals surface area contributed by atoms with E-state index in [1.165, 1.54) is 5.56 Å². The van der Waals surface area contributed by atoms with Gasteiger partial charge in [-0.2, -0.15) is 0 Å². The third-order valence-corrected chi connectivity index (χ3v) is 7.11. The van der Waals surface area contributed by atoms with Gasteiger partial charge in [-0.25, -0.2) is 4.79 Å². The number of hydrogen-bond donors (Lipinski definition) is 2. The molecule has 3 aromatic rings. The fraction of sp³-hybridized carbons (Fsp3) is 0.312. The summed E-state index contributed by atoms with van der Waals surface area (Å²) in [5.41, 5.74) is 2.35. The monoisotopic (exact) mass is 497 g/mol. The topological polar surface area (TPSA) is 75.6 Å². The summed E-state index contributed by atoms with van der Waals surface area (Å²) in [6, 6.07) is 27.2. The molecule has 1 aliphatic heterocycles. The maximum atomic E-state index is 13.7. The molecular weight excluding hydrogens is 462 g/mol. The standard InChI is InChI=1S/C32H35NO4/c1-22(25-13-9-6-10-14-25)27-28(34)32(37-29(27)35,20-19-23-11-7-5-8-12-23)30(36)33-21-24-15-17-26(18-16-24)31(2,3)4/h5-18,22,34H,19-21H2,1-4H3,(H,33,36). The number of aliphatic hydroxyl groups is 1. The van der Waals surface area contributed by atoms with E-state index in [4.69, 9.17) is 4.74 Å². The molecule has 1 aliphatic rings. The number of hydrogen-bond acceptors (Lipinski definition) is 4. The lowest BCUT2D eigenvalue weighted by Gasteiger charge is -2.27. The van der Waals surface area contributed by atoms with Crippen molar-refractivity contribution >= 4 is 11.9 Å². The molecule has 0 spiro atoms. The van der Waals surface area contributed by atoms with Gasteiger partial charge in [0.1, 0.15) is 0 Å². The maximum Gasteiger partial charge on any atom is 0.339 e. The number of carbonyl (C=O) groups excluding carboxylic acids is 2. The number of benzene rings is 3. The molecule has 0 bridgehead atoms. The second-order valence-corrected chi connectivity index (χ2v) is 10.7. The lowest BCUT2D eigenvalue weighted by molar-refractivity contribution is -0.160. The molecule has 2 N–H and O–H groups in total. The normalized spacial score (nSPS) is 18.4. The molecule has 0 fully saturated rings. The summed E-state index contributed by atoms with van der Waals surface area (Å²) in [6.07, 6.45) is 0.591. The number of carbonyl (C=O) groups is 2. The van der Waals surface area contributed by atoms with Crippen molar-refractivity contribution in [3.8, 4) is 0 Å². The Bertz CT molecular complexity index is 1270. The molecule has 0 aromatic heterocycles. The number of esters is 1. The summed E-state index contributed by atoms with van der Waals surface area (Å²) in [4.78, 5) is 26.8. The van der Waals surface area contributed by atoms with Gasteiger partial charge >= 0.3 is 5.97 Å².